The molecule has 3 nitrogen and oxygen atoms in total. The minimum absolute atomic E-state index is 0.0442. The van der Waals surface area contributed by atoms with Gasteiger partial charge in [-0.1, -0.05) is 0 Å². The summed E-state index contributed by atoms with van der Waals surface area (Å²) >= 11 is 0. The molecule has 2 aliphatic heterocycles. The van der Waals surface area contributed by atoms with Crippen molar-refractivity contribution in [3.05, 3.63) is 0 Å². The Morgan fingerprint density at radius 3 is 2.73 bits per heavy atom. The van der Waals surface area contributed by atoms with Gasteiger partial charge >= 0.3 is 0 Å². The second kappa shape index (κ2) is 2.22. The molecule has 0 atom stereocenters. The van der Waals surface area contributed by atoms with E-state index in [1.807, 2.05) is 0 Å². The van der Waals surface area contributed by atoms with E-state index < -0.39 is 0 Å². The zero-order chi connectivity index (χ0) is 7.95. The van der Waals surface area contributed by atoms with Crippen molar-refractivity contribution in [2.24, 2.45) is 5.41 Å². The first-order valence-electron chi connectivity index (χ1n) is 3.93. The van der Waals surface area contributed by atoms with Crippen molar-refractivity contribution in [3.8, 4) is 0 Å². The molecule has 0 aromatic carbocycles. The molecule has 2 saturated heterocycles. The number of aliphatic hydroxyl groups is 1. The molecule has 60 valence electrons. The molecule has 0 aromatic heterocycles. The standard InChI is InChI=1S/C7H12BNO2/c8-9-3-7-1-6(2-7,4-10)5-11-7/h9-10H,1-5H2. The Bertz CT molecular complexity index is 168. The van der Waals surface area contributed by atoms with Crippen LogP contribution in [-0.2, 0) is 4.74 Å². The maximum atomic E-state index is 9.01. The first-order valence-corrected chi connectivity index (χ1v) is 3.93. The second-order valence-corrected chi connectivity index (χ2v) is 3.86. The molecule has 0 spiro atoms. The van der Waals surface area contributed by atoms with Crippen molar-refractivity contribution >= 4 is 7.98 Å². The average molecular weight is 153 g/mol. The Hall–Kier alpha value is -0.0551. The maximum absolute atomic E-state index is 9.01. The molecule has 2 N–H and O–H groups in total. The lowest BCUT2D eigenvalue weighted by atomic mass is 9.63. The number of rotatable bonds is 3. The van der Waals surface area contributed by atoms with Gasteiger partial charge in [-0.2, -0.15) is 0 Å². The van der Waals surface area contributed by atoms with Gasteiger partial charge in [-0.05, 0) is 12.8 Å². The van der Waals surface area contributed by atoms with Crippen LogP contribution >= 0.6 is 0 Å². The number of fused-ring (bicyclic) bond motifs is 1. The smallest absolute Gasteiger partial charge is 0.177 e. The fourth-order valence-corrected chi connectivity index (χ4v) is 2.34. The minimum atomic E-state index is -0.0442. The third-order valence-corrected chi connectivity index (χ3v) is 2.84. The van der Waals surface area contributed by atoms with Crippen LogP contribution in [0.25, 0.3) is 0 Å². The summed E-state index contributed by atoms with van der Waals surface area (Å²) in [6.45, 7) is 1.65. The van der Waals surface area contributed by atoms with Crippen molar-refractivity contribution in [2.45, 2.75) is 18.4 Å². The van der Waals surface area contributed by atoms with Gasteiger partial charge in [0.2, 0.25) is 0 Å². The number of hydrogen-bond acceptors (Lipinski definition) is 3. The largest absolute Gasteiger partial charge is 0.396 e. The highest BCUT2D eigenvalue weighted by Crippen LogP contribution is 2.57. The highest BCUT2D eigenvalue weighted by atomic mass is 16.5. The Balaban J connectivity index is 1.97. The highest BCUT2D eigenvalue weighted by molar-refractivity contribution is 6.04. The van der Waals surface area contributed by atoms with Crippen LogP contribution in [0.1, 0.15) is 12.8 Å². The summed E-state index contributed by atoms with van der Waals surface area (Å²) in [4.78, 5) is 0. The average Bonchev–Trinajstić information content (AvgIpc) is 2.43. The molecule has 3 fully saturated rings. The predicted octanol–water partition coefficient (Wildman–Crippen LogP) is -0.799. The molecule has 0 aromatic rings. The lowest BCUT2D eigenvalue weighted by Gasteiger charge is -2.43. The Morgan fingerprint density at radius 2 is 2.27 bits per heavy atom. The first kappa shape index (κ1) is 7.59. The van der Waals surface area contributed by atoms with Gasteiger partial charge in [0.1, 0.15) is 0 Å². The molecule has 1 saturated carbocycles. The molecule has 11 heavy (non-hydrogen) atoms. The van der Waals surface area contributed by atoms with E-state index in [2.05, 4.69) is 5.23 Å². The fraction of sp³-hybridized carbons (Fsp3) is 1.00. The molecular formula is C7H12BNO2. The van der Waals surface area contributed by atoms with E-state index in [4.69, 9.17) is 17.8 Å². The van der Waals surface area contributed by atoms with Crippen LogP contribution in [0.5, 0.6) is 0 Å². The van der Waals surface area contributed by atoms with Crippen LogP contribution in [0.4, 0.5) is 0 Å². The summed E-state index contributed by atoms with van der Waals surface area (Å²) < 4.78 is 5.55. The summed E-state index contributed by atoms with van der Waals surface area (Å²) in [5, 5.41) is 11.6. The van der Waals surface area contributed by atoms with Crippen molar-refractivity contribution in [3.63, 3.8) is 0 Å². The van der Waals surface area contributed by atoms with E-state index in [0.29, 0.717) is 13.2 Å². The van der Waals surface area contributed by atoms with E-state index in [1.165, 1.54) is 0 Å². The van der Waals surface area contributed by atoms with Crippen LogP contribution in [0.2, 0.25) is 0 Å². The highest BCUT2D eigenvalue weighted by Gasteiger charge is 2.61. The summed E-state index contributed by atoms with van der Waals surface area (Å²) in [7, 11) is 5.21. The van der Waals surface area contributed by atoms with Crippen molar-refractivity contribution in [1.82, 2.24) is 5.23 Å². The normalized spacial score (nSPS) is 47.4. The van der Waals surface area contributed by atoms with Gasteiger partial charge in [-0.3, -0.25) is 0 Å². The summed E-state index contributed by atoms with van der Waals surface area (Å²) in [5.41, 5.74) is 0.0360. The molecule has 3 aliphatic rings. The lowest BCUT2D eigenvalue weighted by molar-refractivity contribution is -0.0228. The number of aliphatic hydroxyl groups excluding tert-OH is 1. The maximum Gasteiger partial charge on any atom is 0.177 e. The SMILES string of the molecule is [B]NCC12CC(CO)(CO1)C2. The molecule has 1 aliphatic carbocycles. The minimum Gasteiger partial charge on any atom is -0.396 e. The van der Waals surface area contributed by atoms with Gasteiger partial charge in [0.05, 0.1) is 18.8 Å². The molecule has 0 amide bonds. The van der Waals surface area contributed by atoms with Crippen LogP contribution in [0, 0.1) is 5.41 Å². The van der Waals surface area contributed by atoms with Crippen LogP contribution in [0.15, 0.2) is 0 Å². The van der Waals surface area contributed by atoms with Crippen molar-refractivity contribution < 1.29 is 9.84 Å². The quantitative estimate of drug-likeness (QED) is 0.521. The third-order valence-electron chi connectivity index (χ3n) is 2.84. The van der Waals surface area contributed by atoms with Crippen molar-refractivity contribution in [2.75, 3.05) is 19.8 Å². The van der Waals surface area contributed by atoms with E-state index in [1.54, 1.807) is 0 Å². The molecule has 0 unspecified atom stereocenters. The van der Waals surface area contributed by atoms with Gasteiger partial charge in [-0.15, -0.1) is 0 Å². The monoisotopic (exact) mass is 153 g/mol. The van der Waals surface area contributed by atoms with Crippen LogP contribution in [0.3, 0.4) is 0 Å². The summed E-state index contributed by atoms with van der Waals surface area (Å²) in [6.07, 6.45) is 1.92. The van der Waals surface area contributed by atoms with Gasteiger partial charge in [0.25, 0.3) is 0 Å². The van der Waals surface area contributed by atoms with Gasteiger partial charge in [-0.25, -0.2) is 0 Å². The molecule has 2 heterocycles. The van der Waals surface area contributed by atoms with Crippen LogP contribution < -0.4 is 5.23 Å². The van der Waals surface area contributed by atoms with E-state index in [-0.39, 0.29) is 17.6 Å². The van der Waals surface area contributed by atoms with E-state index in [9.17, 15) is 0 Å². The van der Waals surface area contributed by atoms with Crippen molar-refractivity contribution in [1.29, 1.82) is 0 Å². The number of ether oxygens (including phenoxy) is 1. The zero-order valence-electron chi connectivity index (χ0n) is 6.47. The van der Waals surface area contributed by atoms with Gasteiger partial charge in [0.15, 0.2) is 7.98 Å². The van der Waals surface area contributed by atoms with E-state index in [0.717, 1.165) is 12.8 Å². The molecule has 3 rings (SSSR count). The number of nitrogens with one attached hydrogen (secondary N) is 1. The van der Waals surface area contributed by atoms with Gasteiger partial charge < -0.3 is 15.1 Å². The van der Waals surface area contributed by atoms with Crippen LogP contribution in [-0.4, -0.2) is 38.4 Å². The summed E-state index contributed by atoms with van der Waals surface area (Å²) in [6, 6.07) is 0. The molecule has 2 radical (unpaired) electrons. The number of hydrogen-bond donors (Lipinski definition) is 2. The topological polar surface area (TPSA) is 41.5 Å². The molecular weight excluding hydrogens is 141 g/mol. The molecule has 4 heteroatoms. The Kier molecular flexibility index (Phi) is 1.53. The second-order valence-electron chi connectivity index (χ2n) is 3.86. The third kappa shape index (κ3) is 0.933. The Labute approximate surface area is 67.5 Å². The Morgan fingerprint density at radius 1 is 1.55 bits per heavy atom. The lowest BCUT2D eigenvalue weighted by Crippen LogP contribution is -2.51. The predicted molar refractivity (Wildman–Crippen MR) is 41.2 cm³/mol. The van der Waals surface area contributed by atoms with E-state index >= 15 is 0 Å². The zero-order valence-corrected chi connectivity index (χ0v) is 6.47. The molecule has 2 bridgehead atoms. The van der Waals surface area contributed by atoms with Gasteiger partial charge in [0, 0.05) is 12.0 Å². The fourth-order valence-electron chi connectivity index (χ4n) is 2.34. The summed E-state index contributed by atoms with van der Waals surface area (Å²) in [5.74, 6) is 0. The first-order chi connectivity index (χ1) is 5.24.